The second-order valence-electron chi connectivity index (χ2n) is 2.55. The van der Waals surface area contributed by atoms with Gasteiger partial charge in [-0.05, 0) is 18.2 Å². The molecule has 0 radical (unpaired) electrons. The van der Waals surface area contributed by atoms with Gasteiger partial charge in [-0.15, -0.1) is 0 Å². The summed E-state index contributed by atoms with van der Waals surface area (Å²) in [7, 11) is 0. The van der Waals surface area contributed by atoms with Crippen LogP contribution in [0.15, 0.2) is 34.7 Å². The Balaban J connectivity index is 2.46. The molecule has 0 spiro atoms. The number of pyridine rings is 1. The number of anilines is 1. The molecule has 4 heteroatoms. The summed E-state index contributed by atoms with van der Waals surface area (Å²) in [5, 5.41) is 0. The molecule has 0 aliphatic heterocycles. The first-order valence-electron chi connectivity index (χ1n) is 3.74. The van der Waals surface area contributed by atoms with E-state index in [1.54, 1.807) is 18.2 Å². The van der Waals surface area contributed by atoms with E-state index >= 15 is 0 Å². The molecule has 0 aliphatic rings. The van der Waals surface area contributed by atoms with E-state index in [0.29, 0.717) is 17.3 Å². The Labute approximate surface area is 74.0 Å². The van der Waals surface area contributed by atoms with E-state index < -0.39 is 6.01 Å². The fraction of sp³-hybridized carbons (Fsp3) is 0. The van der Waals surface area contributed by atoms with E-state index in [0.717, 1.165) is 0 Å². The summed E-state index contributed by atoms with van der Waals surface area (Å²) < 4.78 is 17.2. The second kappa shape index (κ2) is 2.90. The van der Waals surface area contributed by atoms with Crippen LogP contribution in [0.5, 0.6) is 0 Å². The summed E-state index contributed by atoms with van der Waals surface area (Å²) in [5.74, 6) is 0.763. The topological polar surface area (TPSA) is 52.0 Å². The number of furan rings is 1. The first-order chi connectivity index (χ1) is 6.25. The maximum Gasteiger partial charge on any atom is 0.278 e. The summed E-state index contributed by atoms with van der Waals surface area (Å²) in [6.07, 6.45) is 0. The first-order valence-corrected chi connectivity index (χ1v) is 3.74. The lowest BCUT2D eigenvalue weighted by atomic mass is 10.3. The zero-order valence-corrected chi connectivity index (χ0v) is 6.70. The van der Waals surface area contributed by atoms with Crippen LogP contribution in [-0.4, -0.2) is 4.98 Å². The number of nitrogen functional groups attached to an aromatic ring is 1. The third kappa shape index (κ3) is 1.51. The molecule has 0 saturated heterocycles. The highest BCUT2D eigenvalue weighted by molar-refractivity contribution is 5.54. The number of aromatic nitrogens is 1. The third-order valence-corrected chi connectivity index (χ3v) is 1.60. The van der Waals surface area contributed by atoms with Crippen molar-refractivity contribution < 1.29 is 8.81 Å². The highest BCUT2D eigenvalue weighted by atomic mass is 19.1. The molecule has 0 atom stereocenters. The molecule has 2 rings (SSSR count). The van der Waals surface area contributed by atoms with Crippen LogP contribution in [0.25, 0.3) is 11.5 Å². The van der Waals surface area contributed by atoms with Crippen LogP contribution in [0.1, 0.15) is 0 Å². The second-order valence-corrected chi connectivity index (χ2v) is 2.55. The molecule has 2 heterocycles. The molecule has 2 N–H and O–H groups in total. The lowest BCUT2D eigenvalue weighted by Gasteiger charge is -1.95. The van der Waals surface area contributed by atoms with Crippen molar-refractivity contribution in [3.05, 3.63) is 36.3 Å². The van der Waals surface area contributed by atoms with Crippen molar-refractivity contribution in [1.82, 2.24) is 4.98 Å². The fourth-order valence-electron chi connectivity index (χ4n) is 1.04. The Morgan fingerprint density at radius 1 is 1.23 bits per heavy atom. The van der Waals surface area contributed by atoms with E-state index in [2.05, 4.69) is 4.98 Å². The molecular weight excluding hydrogens is 171 g/mol. The standard InChI is InChI=1S/C9H7FN2O/c10-8-5-4-7(13-8)6-2-1-3-9(11)12-6/h1-5H,(H2,11,12). The quantitative estimate of drug-likeness (QED) is 0.727. The lowest BCUT2D eigenvalue weighted by Crippen LogP contribution is -1.90. The molecule has 0 saturated carbocycles. The summed E-state index contributed by atoms with van der Waals surface area (Å²) >= 11 is 0. The number of nitrogens with zero attached hydrogens (tertiary/aromatic N) is 1. The van der Waals surface area contributed by atoms with Gasteiger partial charge in [0.2, 0.25) is 0 Å². The molecule has 0 bridgehead atoms. The van der Waals surface area contributed by atoms with Crippen molar-refractivity contribution in [2.24, 2.45) is 0 Å². The molecule has 0 fully saturated rings. The van der Waals surface area contributed by atoms with Crippen LogP contribution >= 0.6 is 0 Å². The smallest absolute Gasteiger partial charge is 0.278 e. The van der Waals surface area contributed by atoms with E-state index in [9.17, 15) is 4.39 Å². The molecule has 0 unspecified atom stereocenters. The summed E-state index contributed by atoms with van der Waals surface area (Å²) in [6.45, 7) is 0. The average Bonchev–Trinajstić information content (AvgIpc) is 2.52. The average molecular weight is 178 g/mol. The van der Waals surface area contributed by atoms with Crippen LogP contribution in [0, 0.1) is 6.01 Å². The van der Waals surface area contributed by atoms with Crippen molar-refractivity contribution in [2.45, 2.75) is 0 Å². The first kappa shape index (κ1) is 7.79. The molecule has 0 amide bonds. The summed E-state index contributed by atoms with van der Waals surface area (Å²) in [4.78, 5) is 3.97. The van der Waals surface area contributed by atoms with Gasteiger partial charge in [0.25, 0.3) is 6.01 Å². The van der Waals surface area contributed by atoms with E-state index in [1.165, 1.54) is 12.1 Å². The molecule has 0 aliphatic carbocycles. The van der Waals surface area contributed by atoms with Gasteiger partial charge < -0.3 is 10.2 Å². The minimum Gasteiger partial charge on any atom is -0.429 e. The SMILES string of the molecule is Nc1cccc(-c2ccc(F)o2)n1. The van der Waals surface area contributed by atoms with Gasteiger partial charge in [0.1, 0.15) is 11.5 Å². The number of halogens is 1. The van der Waals surface area contributed by atoms with Gasteiger partial charge in [0.15, 0.2) is 5.76 Å². The molecule has 0 aromatic carbocycles. The number of rotatable bonds is 1. The predicted molar refractivity (Wildman–Crippen MR) is 46.3 cm³/mol. The molecule has 3 nitrogen and oxygen atoms in total. The van der Waals surface area contributed by atoms with Crippen LogP contribution in [0.3, 0.4) is 0 Å². The van der Waals surface area contributed by atoms with Gasteiger partial charge >= 0.3 is 0 Å². The van der Waals surface area contributed by atoms with Gasteiger partial charge in [-0.25, -0.2) is 4.98 Å². The van der Waals surface area contributed by atoms with Gasteiger partial charge in [-0.2, -0.15) is 4.39 Å². The van der Waals surface area contributed by atoms with Crippen molar-refractivity contribution in [3.8, 4) is 11.5 Å². The third-order valence-electron chi connectivity index (χ3n) is 1.60. The predicted octanol–water partition coefficient (Wildman–Crippen LogP) is 2.06. The van der Waals surface area contributed by atoms with Gasteiger partial charge in [0, 0.05) is 6.07 Å². The number of hydrogen-bond donors (Lipinski definition) is 1. The zero-order chi connectivity index (χ0) is 9.26. The van der Waals surface area contributed by atoms with Crippen molar-refractivity contribution in [2.75, 3.05) is 5.73 Å². The Kier molecular flexibility index (Phi) is 1.73. The van der Waals surface area contributed by atoms with Crippen molar-refractivity contribution in [3.63, 3.8) is 0 Å². The van der Waals surface area contributed by atoms with Gasteiger partial charge in [-0.1, -0.05) is 6.07 Å². The van der Waals surface area contributed by atoms with Gasteiger partial charge in [0.05, 0.1) is 0 Å². The number of hydrogen-bond acceptors (Lipinski definition) is 3. The van der Waals surface area contributed by atoms with Crippen molar-refractivity contribution >= 4 is 5.82 Å². The molecule has 66 valence electrons. The van der Waals surface area contributed by atoms with E-state index in [1.807, 2.05) is 0 Å². The molecule has 13 heavy (non-hydrogen) atoms. The zero-order valence-electron chi connectivity index (χ0n) is 6.70. The molecule has 2 aromatic rings. The Morgan fingerprint density at radius 3 is 2.69 bits per heavy atom. The molecular formula is C9H7FN2O. The fourth-order valence-corrected chi connectivity index (χ4v) is 1.04. The van der Waals surface area contributed by atoms with Crippen LogP contribution < -0.4 is 5.73 Å². The maximum atomic E-state index is 12.5. The maximum absolute atomic E-state index is 12.5. The van der Waals surface area contributed by atoms with Gasteiger partial charge in [-0.3, -0.25) is 0 Å². The lowest BCUT2D eigenvalue weighted by molar-refractivity contribution is 0.366. The highest BCUT2D eigenvalue weighted by Crippen LogP contribution is 2.19. The van der Waals surface area contributed by atoms with E-state index in [-0.39, 0.29) is 0 Å². The van der Waals surface area contributed by atoms with Crippen molar-refractivity contribution in [1.29, 1.82) is 0 Å². The minimum atomic E-state index is -0.626. The highest BCUT2D eigenvalue weighted by Gasteiger charge is 2.04. The van der Waals surface area contributed by atoms with Crippen LogP contribution in [0.4, 0.5) is 10.2 Å². The van der Waals surface area contributed by atoms with Crippen LogP contribution in [-0.2, 0) is 0 Å². The van der Waals surface area contributed by atoms with Crippen LogP contribution in [0.2, 0.25) is 0 Å². The Hall–Kier alpha value is -1.84. The number of nitrogens with two attached hydrogens (primary N) is 1. The largest absolute Gasteiger partial charge is 0.429 e. The minimum absolute atomic E-state index is 0.379. The Bertz CT molecular complexity index is 425. The summed E-state index contributed by atoms with van der Waals surface area (Å²) in [6, 6.07) is 7.21. The van der Waals surface area contributed by atoms with E-state index in [4.69, 9.17) is 10.2 Å². The molecule has 2 aromatic heterocycles. The normalized spacial score (nSPS) is 10.2. The monoisotopic (exact) mass is 178 g/mol. The Morgan fingerprint density at radius 2 is 2.08 bits per heavy atom. The summed E-state index contributed by atoms with van der Waals surface area (Å²) in [5.41, 5.74) is 5.99.